The molecule has 6 heteroatoms. The second kappa shape index (κ2) is 6.74. The number of nitrogens with zero attached hydrogens (tertiary/aromatic N) is 2. The normalized spacial score (nSPS) is 16.9. The lowest BCUT2D eigenvalue weighted by molar-refractivity contribution is -0.121. The zero-order valence-corrected chi connectivity index (χ0v) is 14.1. The molecule has 3 rings (SSSR count). The van der Waals surface area contributed by atoms with Crippen LogP contribution in [-0.2, 0) is 18.3 Å². The molecule has 2 heterocycles. The van der Waals surface area contributed by atoms with Crippen LogP contribution >= 0.6 is 11.8 Å². The van der Waals surface area contributed by atoms with Crippen molar-refractivity contribution in [2.75, 3.05) is 5.75 Å². The van der Waals surface area contributed by atoms with Crippen LogP contribution in [0.4, 0.5) is 4.39 Å². The Bertz CT molecular complexity index is 729. The van der Waals surface area contributed by atoms with Crippen LogP contribution < -0.4 is 5.32 Å². The first-order valence-electron chi connectivity index (χ1n) is 7.73. The van der Waals surface area contributed by atoms with E-state index in [2.05, 4.69) is 10.4 Å². The van der Waals surface area contributed by atoms with E-state index >= 15 is 0 Å². The Morgan fingerprint density at radius 2 is 2.35 bits per heavy atom. The molecule has 1 aliphatic heterocycles. The Hall–Kier alpha value is -1.82. The van der Waals surface area contributed by atoms with Gasteiger partial charge in [0.25, 0.3) is 0 Å². The summed E-state index contributed by atoms with van der Waals surface area (Å²) in [5.41, 5.74) is 2.95. The molecule has 2 aromatic rings. The number of thioether (sulfide) groups is 1. The SMILES string of the molecule is Cc1nn(C)cc1CCC(=O)N[C@@H]1CCSc2ccc(F)cc21. The van der Waals surface area contributed by atoms with Crippen LogP contribution in [0.3, 0.4) is 0 Å². The highest BCUT2D eigenvalue weighted by molar-refractivity contribution is 7.99. The van der Waals surface area contributed by atoms with E-state index in [1.807, 2.05) is 20.2 Å². The fraction of sp³-hybridized carbons (Fsp3) is 0.412. The maximum Gasteiger partial charge on any atom is 0.220 e. The molecule has 0 radical (unpaired) electrons. The van der Waals surface area contributed by atoms with Gasteiger partial charge in [0, 0.05) is 30.3 Å². The van der Waals surface area contributed by atoms with Crippen molar-refractivity contribution in [3.8, 4) is 0 Å². The van der Waals surface area contributed by atoms with Crippen molar-refractivity contribution in [1.82, 2.24) is 15.1 Å². The van der Waals surface area contributed by atoms with Gasteiger partial charge in [0.05, 0.1) is 11.7 Å². The Morgan fingerprint density at radius 1 is 1.52 bits per heavy atom. The molecule has 122 valence electrons. The predicted octanol–water partition coefficient (Wildman–Crippen LogP) is 3.15. The van der Waals surface area contributed by atoms with Crippen molar-refractivity contribution in [3.63, 3.8) is 0 Å². The van der Waals surface area contributed by atoms with Crippen molar-refractivity contribution in [1.29, 1.82) is 0 Å². The number of rotatable bonds is 4. The van der Waals surface area contributed by atoms with Gasteiger partial charge in [0.2, 0.25) is 5.91 Å². The molecule has 0 unspecified atom stereocenters. The van der Waals surface area contributed by atoms with Crippen molar-refractivity contribution in [3.05, 3.63) is 47.0 Å². The summed E-state index contributed by atoms with van der Waals surface area (Å²) in [5, 5.41) is 7.34. The summed E-state index contributed by atoms with van der Waals surface area (Å²) >= 11 is 1.71. The summed E-state index contributed by atoms with van der Waals surface area (Å²) in [4.78, 5) is 13.3. The molecule has 1 atom stereocenters. The number of nitrogens with one attached hydrogen (secondary N) is 1. The molecule has 1 aromatic heterocycles. The molecule has 0 fully saturated rings. The lowest BCUT2D eigenvalue weighted by atomic mass is 10.0. The van der Waals surface area contributed by atoms with Gasteiger partial charge in [0.15, 0.2) is 0 Å². The fourth-order valence-corrected chi connectivity index (χ4v) is 4.03. The summed E-state index contributed by atoms with van der Waals surface area (Å²) in [6.45, 7) is 1.95. The van der Waals surface area contributed by atoms with Gasteiger partial charge in [-0.15, -0.1) is 11.8 Å². The Kier molecular flexibility index (Phi) is 4.71. The van der Waals surface area contributed by atoms with Gasteiger partial charge in [-0.25, -0.2) is 4.39 Å². The largest absolute Gasteiger partial charge is 0.349 e. The van der Waals surface area contributed by atoms with E-state index in [1.54, 1.807) is 22.5 Å². The summed E-state index contributed by atoms with van der Waals surface area (Å²) in [5.74, 6) is 0.683. The summed E-state index contributed by atoms with van der Waals surface area (Å²) in [7, 11) is 1.88. The Balaban J connectivity index is 1.63. The van der Waals surface area contributed by atoms with Crippen LogP contribution in [0.1, 0.15) is 35.7 Å². The molecule has 1 aromatic carbocycles. The van der Waals surface area contributed by atoms with Gasteiger partial charge in [-0.05, 0) is 49.1 Å². The lowest BCUT2D eigenvalue weighted by Crippen LogP contribution is -2.30. The molecule has 1 amide bonds. The Labute approximate surface area is 139 Å². The number of carbonyl (C=O) groups is 1. The van der Waals surface area contributed by atoms with E-state index in [9.17, 15) is 9.18 Å². The summed E-state index contributed by atoms with van der Waals surface area (Å²) in [6.07, 6.45) is 3.87. The number of carbonyl (C=O) groups excluding carboxylic acids is 1. The van der Waals surface area contributed by atoms with E-state index in [-0.39, 0.29) is 17.8 Å². The van der Waals surface area contributed by atoms with Gasteiger partial charge in [0.1, 0.15) is 5.82 Å². The third-order valence-electron chi connectivity index (χ3n) is 4.08. The number of aryl methyl sites for hydroxylation is 3. The van der Waals surface area contributed by atoms with Crippen molar-refractivity contribution in [2.24, 2.45) is 7.05 Å². The lowest BCUT2D eigenvalue weighted by Gasteiger charge is -2.26. The molecule has 4 nitrogen and oxygen atoms in total. The predicted molar refractivity (Wildman–Crippen MR) is 88.9 cm³/mol. The minimum Gasteiger partial charge on any atom is -0.349 e. The Morgan fingerprint density at radius 3 is 3.09 bits per heavy atom. The van der Waals surface area contributed by atoms with E-state index in [1.165, 1.54) is 12.1 Å². The monoisotopic (exact) mass is 333 g/mol. The van der Waals surface area contributed by atoms with Crippen molar-refractivity contribution >= 4 is 17.7 Å². The number of fused-ring (bicyclic) bond motifs is 1. The highest BCUT2D eigenvalue weighted by Crippen LogP contribution is 2.36. The molecule has 0 spiro atoms. The first-order valence-corrected chi connectivity index (χ1v) is 8.72. The van der Waals surface area contributed by atoms with Crippen LogP contribution in [0.2, 0.25) is 0 Å². The molecule has 1 N–H and O–H groups in total. The average Bonchev–Trinajstić information content (AvgIpc) is 2.84. The summed E-state index contributed by atoms with van der Waals surface area (Å²) in [6, 6.07) is 4.72. The molecular weight excluding hydrogens is 313 g/mol. The van der Waals surface area contributed by atoms with Gasteiger partial charge >= 0.3 is 0 Å². The molecule has 0 aliphatic carbocycles. The summed E-state index contributed by atoms with van der Waals surface area (Å²) < 4.78 is 15.3. The number of hydrogen-bond acceptors (Lipinski definition) is 3. The fourth-order valence-electron chi connectivity index (χ4n) is 2.92. The van der Waals surface area contributed by atoms with E-state index < -0.39 is 0 Å². The number of hydrogen-bond donors (Lipinski definition) is 1. The van der Waals surface area contributed by atoms with Crippen LogP contribution in [0.25, 0.3) is 0 Å². The molecule has 0 saturated heterocycles. The number of amides is 1. The second-order valence-electron chi connectivity index (χ2n) is 5.85. The van der Waals surface area contributed by atoms with Gasteiger partial charge in [-0.3, -0.25) is 9.48 Å². The third-order valence-corrected chi connectivity index (χ3v) is 5.21. The topological polar surface area (TPSA) is 46.9 Å². The molecule has 1 aliphatic rings. The van der Waals surface area contributed by atoms with Crippen LogP contribution in [0.15, 0.2) is 29.3 Å². The second-order valence-corrected chi connectivity index (χ2v) is 6.99. The number of benzene rings is 1. The van der Waals surface area contributed by atoms with E-state index in [4.69, 9.17) is 0 Å². The minimum atomic E-state index is -0.253. The molecule has 23 heavy (non-hydrogen) atoms. The molecule has 0 saturated carbocycles. The maximum absolute atomic E-state index is 13.5. The van der Waals surface area contributed by atoms with Crippen molar-refractivity contribution < 1.29 is 9.18 Å². The van der Waals surface area contributed by atoms with E-state index in [0.29, 0.717) is 12.8 Å². The van der Waals surface area contributed by atoms with Gasteiger partial charge in [-0.2, -0.15) is 5.10 Å². The highest BCUT2D eigenvalue weighted by atomic mass is 32.2. The van der Waals surface area contributed by atoms with Crippen LogP contribution in [0, 0.1) is 12.7 Å². The number of aromatic nitrogens is 2. The molecular formula is C17H20FN3OS. The third kappa shape index (κ3) is 3.75. The first-order chi connectivity index (χ1) is 11.0. The van der Waals surface area contributed by atoms with Crippen molar-refractivity contribution in [2.45, 2.75) is 37.1 Å². The minimum absolute atomic E-state index is 0.000337. The maximum atomic E-state index is 13.5. The average molecular weight is 333 g/mol. The zero-order valence-electron chi connectivity index (χ0n) is 13.3. The van der Waals surface area contributed by atoms with Crippen LogP contribution in [-0.4, -0.2) is 21.4 Å². The van der Waals surface area contributed by atoms with Gasteiger partial charge in [-0.1, -0.05) is 0 Å². The standard InChI is InChI=1S/C17H20FN3OS/c1-11-12(10-21(2)20-11)3-6-17(22)19-15-7-8-23-16-5-4-13(18)9-14(15)16/h4-5,9-10,15H,3,6-8H2,1-2H3,(H,19,22)/t15-/m1/s1. The number of halogens is 1. The smallest absolute Gasteiger partial charge is 0.220 e. The van der Waals surface area contributed by atoms with Gasteiger partial charge < -0.3 is 5.32 Å². The quantitative estimate of drug-likeness (QED) is 0.935. The zero-order chi connectivity index (χ0) is 16.4. The highest BCUT2D eigenvalue weighted by Gasteiger charge is 2.22. The van der Waals surface area contributed by atoms with Crippen LogP contribution in [0.5, 0.6) is 0 Å². The first kappa shape index (κ1) is 16.1. The molecule has 0 bridgehead atoms. The van der Waals surface area contributed by atoms with E-state index in [0.717, 1.165) is 33.9 Å².